The van der Waals surface area contributed by atoms with E-state index in [9.17, 15) is 13.5 Å². The summed E-state index contributed by atoms with van der Waals surface area (Å²) in [5.41, 5.74) is 3.33. The van der Waals surface area contributed by atoms with Gasteiger partial charge in [0, 0.05) is 36.2 Å². The summed E-state index contributed by atoms with van der Waals surface area (Å²) in [5.74, 6) is 0. The smallest absolute Gasteiger partial charge is 0.208 e. The maximum Gasteiger partial charge on any atom is 0.208 e. The molecular weight excluding hydrogens is 398 g/mol. The molecule has 166 valence electrons. The van der Waals surface area contributed by atoms with Gasteiger partial charge >= 0.3 is 0 Å². The molecule has 2 aliphatic rings. The third-order valence-corrected chi connectivity index (χ3v) is 7.69. The summed E-state index contributed by atoms with van der Waals surface area (Å²) in [6, 6.07) is 7.09. The summed E-state index contributed by atoms with van der Waals surface area (Å²) in [5, 5.41) is 12.0. The molecule has 3 N–H and O–H groups in total. The monoisotopic (exact) mass is 433 g/mol. The summed E-state index contributed by atoms with van der Waals surface area (Å²) in [6.07, 6.45) is 12.6. The van der Waals surface area contributed by atoms with Gasteiger partial charge in [0.25, 0.3) is 0 Å². The Balaban J connectivity index is 1.41. The van der Waals surface area contributed by atoms with Crippen molar-refractivity contribution in [2.75, 3.05) is 25.9 Å². The fourth-order valence-corrected chi connectivity index (χ4v) is 5.72. The van der Waals surface area contributed by atoms with Crippen molar-refractivity contribution in [3.05, 3.63) is 35.5 Å². The molecule has 1 aliphatic carbocycles. The summed E-state index contributed by atoms with van der Waals surface area (Å²) < 4.78 is 25.3. The molecule has 1 saturated heterocycles. The van der Waals surface area contributed by atoms with Crippen molar-refractivity contribution in [2.45, 2.75) is 69.4 Å². The second-order valence-corrected chi connectivity index (χ2v) is 11.2. The first-order valence-electron chi connectivity index (χ1n) is 11.3. The van der Waals surface area contributed by atoms with E-state index in [0.717, 1.165) is 76.4 Å². The summed E-state index contributed by atoms with van der Waals surface area (Å²) >= 11 is 0. The van der Waals surface area contributed by atoms with E-state index in [1.54, 1.807) is 0 Å². The van der Waals surface area contributed by atoms with Crippen LogP contribution in [0.2, 0.25) is 0 Å². The summed E-state index contributed by atoms with van der Waals surface area (Å²) in [6.45, 7) is 2.25. The Labute approximate surface area is 180 Å². The molecule has 2 aromatic rings. The lowest BCUT2D eigenvalue weighted by molar-refractivity contribution is 0.0391. The third-order valence-electron chi connectivity index (χ3n) is 6.96. The molecule has 30 heavy (non-hydrogen) atoms. The fraction of sp³-hybridized carbons (Fsp3) is 0.652. The molecule has 1 saturated carbocycles. The van der Waals surface area contributed by atoms with Crippen molar-refractivity contribution in [3.8, 4) is 0 Å². The molecule has 0 bridgehead atoms. The quantitative estimate of drug-likeness (QED) is 0.568. The number of sulfonamides is 1. The Hall–Kier alpha value is -1.41. The largest absolute Gasteiger partial charge is 0.390 e. The molecule has 2 fully saturated rings. The third kappa shape index (κ3) is 5.44. The maximum atomic E-state index is 11.3. The van der Waals surface area contributed by atoms with Gasteiger partial charge in [0.2, 0.25) is 10.0 Å². The summed E-state index contributed by atoms with van der Waals surface area (Å²) in [7, 11) is -3.13. The van der Waals surface area contributed by atoms with Crippen LogP contribution in [0.5, 0.6) is 0 Å². The molecule has 1 atom stereocenters. The van der Waals surface area contributed by atoms with E-state index in [1.165, 1.54) is 22.8 Å². The molecule has 1 aromatic heterocycles. The minimum atomic E-state index is -3.13. The van der Waals surface area contributed by atoms with Crippen molar-refractivity contribution in [2.24, 2.45) is 0 Å². The van der Waals surface area contributed by atoms with Gasteiger partial charge in [-0.1, -0.05) is 18.9 Å². The van der Waals surface area contributed by atoms with Crippen LogP contribution in [0.25, 0.3) is 10.9 Å². The van der Waals surface area contributed by atoms with Gasteiger partial charge < -0.3 is 10.1 Å². The standard InChI is InChI=1S/C23H35N3O3S/c1-30(28,29)25-12-14-26-13-4-5-20(26)16-19-17-24-22-7-6-18(15-21(19)22)8-11-23(27)9-2-3-10-23/h6-7,15,17,20,24-25,27H,2-5,8-14,16H2,1H3/t20-/m1/s1. The Bertz CT molecular complexity index is 963. The van der Waals surface area contributed by atoms with Gasteiger partial charge in [-0.25, -0.2) is 13.1 Å². The van der Waals surface area contributed by atoms with Gasteiger partial charge in [-0.05, 0) is 74.8 Å². The topological polar surface area (TPSA) is 85.4 Å². The predicted octanol–water partition coefficient (Wildman–Crippen LogP) is 2.96. The van der Waals surface area contributed by atoms with Crippen molar-refractivity contribution < 1.29 is 13.5 Å². The van der Waals surface area contributed by atoms with Crippen LogP contribution in [0.3, 0.4) is 0 Å². The second kappa shape index (κ2) is 8.99. The zero-order valence-electron chi connectivity index (χ0n) is 18.0. The van der Waals surface area contributed by atoms with Crippen molar-refractivity contribution in [1.29, 1.82) is 0 Å². The number of nitrogens with zero attached hydrogens (tertiary/aromatic N) is 1. The number of aromatic amines is 1. The number of benzene rings is 1. The van der Waals surface area contributed by atoms with Crippen LogP contribution in [0.15, 0.2) is 24.4 Å². The van der Waals surface area contributed by atoms with E-state index in [0.29, 0.717) is 12.6 Å². The van der Waals surface area contributed by atoms with E-state index in [2.05, 4.69) is 39.0 Å². The van der Waals surface area contributed by atoms with Gasteiger partial charge in [-0.15, -0.1) is 0 Å². The lowest BCUT2D eigenvalue weighted by Gasteiger charge is -2.24. The Morgan fingerprint density at radius 1 is 1.27 bits per heavy atom. The fourth-order valence-electron chi connectivity index (χ4n) is 5.26. The van der Waals surface area contributed by atoms with E-state index >= 15 is 0 Å². The number of fused-ring (bicyclic) bond motifs is 1. The van der Waals surface area contributed by atoms with E-state index in [-0.39, 0.29) is 0 Å². The van der Waals surface area contributed by atoms with Crippen LogP contribution in [0.1, 0.15) is 56.1 Å². The molecule has 7 heteroatoms. The predicted molar refractivity (Wildman–Crippen MR) is 121 cm³/mol. The normalized spacial score (nSPS) is 22.3. The van der Waals surface area contributed by atoms with Gasteiger partial charge in [-0.2, -0.15) is 0 Å². The average Bonchev–Trinajstić information content (AvgIpc) is 3.41. The summed E-state index contributed by atoms with van der Waals surface area (Å²) in [4.78, 5) is 5.83. The molecule has 6 nitrogen and oxygen atoms in total. The van der Waals surface area contributed by atoms with Gasteiger partial charge in [-0.3, -0.25) is 4.90 Å². The number of H-pyrrole nitrogens is 1. The number of aromatic nitrogens is 1. The van der Waals surface area contributed by atoms with Gasteiger partial charge in [0.05, 0.1) is 11.9 Å². The minimum absolute atomic E-state index is 0.452. The molecular formula is C23H35N3O3S. The molecule has 0 spiro atoms. The number of hydrogen-bond acceptors (Lipinski definition) is 4. The Kier molecular flexibility index (Phi) is 6.53. The van der Waals surface area contributed by atoms with E-state index in [1.807, 2.05) is 0 Å². The highest BCUT2D eigenvalue weighted by molar-refractivity contribution is 7.88. The minimum Gasteiger partial charge on any atom is -0.390 e. The van der Waals surface area contributed by atoms with Gasteiger partial charge in [0.1, 0.15) is 0 Å². The first-order valence-corrected chi connectivity index (χ1v) is 13.2. The van der Waals surface area contributed by atoms with Crippen LogP contribution in [0.4, 0.5) is 0 Å². The molecule has 4 rings (SSSR count). The number of likely N-dealkylation sites (tertiary alicyclic amines) is 1. The lowest BCUT2D eigenvalue weighted by Crippen LogP contribution is -2.38. The molecule has 0 radical (unpaired) electrons. The van der Waals surface area contributed by atoms with Crippen LogP contribution >= 0.6 is 0 Å². The van der Waals surface area contributed by atoms with Crippen molar-refractivity contribution >= 4 is 20.9 Å². The number of rotatable bonds is 9. The SMILES string of the molecule is CS(=O)(=O)NCCN1CCC[C@@H]1Cc1c[nH]c2ccc(CCC3(O)CCCC3)cc12. The molecule has 1 aliphatic heterocycles. The zero-order valence-corrected chi connectivity index (χ0v) is 18.8. The molecule has 1 aromatic carbocycles. The van der Waals surface area contributed by atoms with Crippen LogP contribution < -0.4 is 4.72 Å². The second-order valence-electron chi connectivity index (χ2n) is 9.33. The first kappa shape index (κ1) is 21.8. The van der Waals surface area contributed by atoms with Crippen molar-refractivity contribution in [1.82, 2.24) is 14.6 Å². The molecule has 2 heterocycles. The Morgan fingerprint density at radius 3 is 2.83 bits per heavy atom. The Morgan fingerprint density at radius 2 is 2.07 bits per heavy atom. The lowest BCUT2D eigenvalue weighted by atomic mass is 9.92. The van der Waals surface area contributed by atoms with Crippen LogP contribution in [0, 0.1) is 0 Å². The van der Waals surface area contributed by atoms with Crippen LogP contribution in [-0.2, 0) is 22.9 Å². The van der Waals surface area contributed by atoms with Crippen molar-refractivity contribution in [3.63, 3.8) is 0 Å². The molecule has 0 amide bonds. The maximum absolute atomic E-state index is 11.3. The number of hydrogen-bond donors (Lipinski definition) is 3. The van der Waals surface area contributed by atoms with Gasteiger partial charge in [0.15, 0.2) is 0 Å². The number of aliphatic hydroxyl groups is 1. The number of aryl methyl sites for hydroxylation is 1. The zero-order chi connectivity index (χ0) is 21.2. The van der Waals surface area contributed by atoms with Crippen LogP contribution in [-0.4, -0.2) is 60.9 Å². The average molecular weight is 434 g/mol. The highest BCUT2D eigenvalue weighted by Crippen LogP contribution is 2.34. The highest BCUT2D eigenvalue weighted by Gasteiger charge is 2.30. The van der Waals surface area contributed by atoms with E-state index in [4.69, 9.17) is 0 Å². The first-order chi connectivity index (χ1) is 14.3. The highest BCUT2D eigenvalue weighted by atomic mass is 32.2. The number of nitrogens with one attached hydrogen (secondary N) is 2. The van der Waals surface area contributed by atoms with E-state index < -0.39 is 15.6 Å². The molecule has 0 unspecified atom stereocenters.